The van der Waals surface area contributed by atoms with Gasteiger partial charge in [-0.05, 0) is 56.5 Å². The van der Waals surface area contributed by atoms with Gasteiger partial charge < -0.3 is 21.7 Å². The van der Waals surface area contributed by atoms with Crippen molar-refractivity contribution in [2.75, 3.05) is 50.0 Å². The predicted molar refractivity (Wildman–Crippen MR) is 154 cm³/mol. The Kier molecular flexibility index (Phi) is 6.86. The molecule has 0 bridgehead atoms. The molecular formula is C29H37N9. The second-order valence-corrected chi connectivity index (χ2v) is 10.7. The number of para-hydroxylation sites is 2. The van der Waals surface area contributed by atoms with Crippen LogP contribution in [-0.2, 0) is 6.54 Å². The largest absolute Gasteiger partial charge is 0.398 e. The number of hydrogen-bond acceptors (Lipinski definition) is 8. The molecule has 2 aromatic carbocycles. The third-order valence-corrected chi connectivity index (χ3v) is 8.24. The third kappa shape index (κ3) is 4.91. The quantitative estimate of drug-likeness (QED) is 0.333. The van der Waals surface area contributed by atoms with Gasteiger partial charge in [-0.3, -0.25) is 4.90 Å². The molecule has 1 saturated carbocycles. The van der Waals surface area contributed by atoms with Gasteiger partial charge in [-0.15, -0.1) is 0 Å². The minimum absolute atomic E-state index is 0.327. The zero-order chi connectivity index (χ0) is 26.1. The molecule has 4 aromatic rings. The predicted octanol–water partition coefficient (Wildman–Crippen LogP) is 4.00. The number of likely N-dealkylation sites (N-methyl/N-ethyl adjacent to an activating group) is 1. The molecule has 1 aliphatic heterocycles. The van der Waals surface area contributed by atoms with Crippen LogP contribution < -0.4 is 16.8 Å². The first-order chi connectivity index (χ1) is 18.6. The molecule has 0 radical (unpaired) electrons. The van der Waals surface area contributed by atoms with Crippen LogP contribution in [0.5, 0.6) is 0 Å². The average Bonchev–Trinajstić information content (AvgIpc) is 3.38. The second-order valence-electron chi connectivity index (χ2n) is 10.7. The molecule has 3 heterocycles. The monoisotopic (exact) mass is 511 g/mol. The summed E-state index contributed by atoms with van der Waals surface area (Å²) in [5, 5.41) is 9.09. The van der Waals surface area contributed by atoms with Crippen LogP contribution >= 0.6 is 0 Å². The maximum Gasteiger partial charge on any atom is 0.166 e. The van der Waals surface area contributed by atoms with Crippen molar-refractivity contribution in [2.24, 2.45) is 0 Å². The summed E-state index contributed by atoms with van der Waals surface area (Å²) in [5.74, 6) is 1.07. The number of hydrogen-bond donors (Lipinski definition) is 3. The molecule has 2 aliphatic rings. The lowest BCUT2D eigenvalue weighted by atomic mass is 9.90. The van der Waals surface area contributed by atoms with E-state index in [1.807, 2.05) is 54.7 Å². The summed E-state index contributed by atoms with van der Waals surface area (Å²) in [7, 11) is 2.21. The number of piperazine rings is 1. The van der Waals surface area contributed by atoms with E-state index in [4.69, 9.17) is 21.5 Å². The van der Waals surface area contributed by atoms with Crippen molar-refractivity contribution in [1.82, 2.24) is 29.5 Å². The first-order valence-electron chi connectivity index (χ1n) is 13.7. The van der Waals surface area contributed by atoms with Crippen molar-refractivity contribution in [1.29, 1.82) is 0 Å². The third-order valence-electron chi connectivity index (χ3n) is 8.24. The van der Waals surface area contributed by atoms with Gasteiger partial charge >= 0.3 is 0 Å². The van der Waals surface area contributed by atoms with Crippen molar-refractivity contribution >= 4 is 28.2 Å². The molecule has 5 N–H and O–H groups in total. The fraction of sp³-hybridized carbons (Fsp3) is 0.414. The molecule has 1 aliphatic carbocycles. The van der Waals surface area contributed by atoms with Crippen molar-refractivity contribution in [2.45, 2.75) is 44.3 Å². The Labute approximate surface area is 223 Å². The zero-order valence-electron chi connectivity index (χ0n) is 22.1. The maximum atomic E-state index is 6.45. The van der Waals surface area contributed by atoms with Gasteiger partial charge in [0.15, 0.2) is 11.5 Å². The smallest absolute Gasteiger partial charge is 0.166 e. The summed E-state index contributed by atoms with van der Waals surface area (Å²) in [4.78, 5) is 14.8. The van der Waals surface area contributed by atoms with Crippen LogP contribution in [0.1, 0.15) is 37.3 Å². The van der Waals surface area contributed by atoms with Gasteiger partial charge in [0, 0.05) is 55.7 Å². The molecule has 9 heteroatoms. The number of benzene rings is 2. The van der Waals surface area contributed by atoms with Gasteiger partial charge in [0.25, 0.3) is 0 Å². The maximum absolute atomic E-state index is 6.45. The summed E-state index contributed by atoms with van der Waals surface area (Å²) in [6, 6.07) is 17.0. The summed E-state index contributed by atoms with van der Waals surface area (Å²) in [6.45, 7) is 5.29. The summed E-state index contributed by atoms with van der Waals surface area (Å²) >= 11 is 0. The van der Waals surface area contributed by atoms with Crippen LogP contribution in [0.3, 0.4) is 0 Å². The molecule has 2 fully saturated rings. The van der Waals surface area contributed by atoms with Crippen LogP contribution in [-0.4, -0.2) is 68.8 Å². The number of nitrogens with one attached hydrogen (secondary N) is 1. The van der Waals surface area contributed by atoms with E-state index in [0.717, 1.165) is 59.5 Å². The molecule has 2 aromatic heterocycles. The lowest BCUT2D eigenvalue weighted by Crippen LogP contribution is -2.49. The van der Waals surface area contributed by atoms with Gasteiger partial charge in [0.05, 0.1) is 17.6 Å². The lowest BCUT2D eigenvalue weighted by Gasteiger charge is -2.41. The van der Waals surface area contributed by atoms with E-state index in [1.165, 1.54) is 25.9 Å². The molecule has 0 spiro atoms. The van der Waals surface area contributed by atoms with Gasteiger partial charge in [-0.1, -0.05) is 30.3 Å². The number of aromatic nitrogens is 4. The van der Waals surface area contributed by atoms with Crippen LogP contribution in [0.4, 0.5) is 17.2 Å². The Balaban J connectivity index is 1.23. The highest BCUT2D eigenvalue weighted by molar-refractivity contribution is 5.88. The molecule has 1 saturated heterocycles. The van der Waals surface area contributed by atoms with E-state index in [-0.39, 0.29) is 0 Å². The van der Waals surface area contributed by atoms with Gasteiger partial charge in [-0.25, -0.2) is 14.6 Å². The summed E-state index contributed by atoms with van der Waals surface area (Å²) in [6.07, 6.45) is 6.41. The standard InChI is InChI=1S/C29H37N9/c1-36-14-16-37(17-15-36)21-10-12-22(13-11-21)38-29-24(19-33-38)27(31)34-28(35-29)23-7-3-5-9-26(23)32-18-20-6-2-4-8-25(20)30/h2-9,19,21-22,32H,10-18,30H2,1H3,(H2,31,34,35)/t21-,22-. The number of fused-ring (bicyclic) bond motifs is 1. The van der Waals surface area contributed by atoms with Gasteiger partial charge in [-0.2, -0.15) is 5.10 Å². The van der Waals surface area contributed by atoms with E-state index in [1.54, 1.807) is 0 Å². The average molecular weight is 512 g/mol. The van der Waals surface area contributed by atoms with E-state index in [2.05, 4.69) is 31.8 Å². The van der Waals surface area contributed by atoms with Crippen LogP contribution in [0.2, 0.25) is 0 Å². The molecule has 198 valence electrons. The highest BCUT2D eigenvalue weighted by atomic mass is 15.3. The summed E-state index contributed by atoms with van der Waals surface area (Å²) < 4.78 is 2.10. The topological polar surface area (TPSA) is 114 Å². The van der Waals surface area contributed by atoms with Gasteiger partial charge in [0.1, 0.15) is 5.82 Å². The fourth-order valence-electron chi connectivity index (χ4n) is 5.91. The van der Waals surface area contributed by atoms with Crippen LogP contribution in [0.15, 0.2) is 54.7 Å². The van der Waals surface area contributed by atoms with Crippen LogP contribution in [0, 0.1) is 0 Å². The molecule has 38 heavy (non-hydrogen) atoms. The molecule has 9 nitrogen and oxygen atoms in total. The number of rotatable bonds is 6. The molecule has 0 atom stereocenters. The fourth-order valence-corrected chi connectivity index (χ4v) is 5.91. The molecule has 0 amide bonds. The highest BCUT2D eigenvalue weighted by Crippen LogP contribution is 2.35. The van der Waals surface area contributed by atoms with Crippen molar-refractivity contribution in [3.63, 3.8) is 0 Å². The molecule has 0 unspecified atom stereocenters. The number of nitrogen functional groups attached to an aromatic ring is 2. The van der Waals surface area contributed by atoms with E-state index in [9.17, 15) is 0 Å². The van der Waals surface area contributed by atoms with E-state index in [0.29, 0.717) is 30.3 Å². The first-order valence-corrected chi connectivity index (χ1v) is 13.7. The van der Waals surface area contributed by atoms with Crippen LogP contribution in [0.25, 0.3) is 22.4 Å². The normalized spacial score (nSPS) is 21.1. The Hall–Kier alpha value is -3.69. The van der Waals surface area contributed by atoms with Crippen molar-refractivity contribution < 1.29 is 0 Å². The number of anilines is 3. The SMILES string of the molecule is CN1CCN([C@H]2CC[C@H](n3ncc4c(N)nc(-c5ccccc5NCc5ccccc5N)nc43)CC2)CC1. The van der Waals surface area contributed by atoms with E-state index < -0.39 is 0 Å². The highest BCUT2D eigenvalue weighted by Gasteiger charge is 2.30. The Morgan fingerprint density at radius 2 is 1.58 bits per heavy atom. The lowest BCUT2D eigenvalue weighted by molar-refractivity contribution is 0.0815. The Morgan fingerprint density at radius 1 is 0.868 bits per heavy atom. The first kappa shape index (κ1) is 24.6. The van der Waals surface area contributed by atoms with E-state index >= 15 is 0 Å². The van der Waals surface area contributed by atoms with Gasteiger partial charge in [0.2, 0.25) is 0 Å². The second kappa shape index (κ2) is 10.6. The Bertz CT molecular complexity index is 1400. The Morgan fingerprint density at radius 3 is 2.37 bits per heavy atom. The zero-order valence-corrected chi connectivity index (χ0v) is 22.1. The van der Waals surface area contributed by atoms with Crippen molar-refractivity contribution in [3.05, 3.63) is 60.3 Å². The van der Waals surface area contributed by atoms with Crippen molar-refractivity contribution in [3.8, 4) is 11.4 Å². The molecule has 6 rings (SSSR count). The number of nitrogens with two attached hydrogens (primary N) is 2. The number of nitrogens with zero attached hydrogens (tertiary/aromatic N) is 6. The minimum Gasteiger partial charge on any atom is -0.398 e. The minimum atomic E-state index is 0.327. The molecular weight excluding hydrogens is 474 g/mol. The summed E-state index contributed by atoms with van der Waals surface area (Å²) in [5.41, 5.74) is 17.1.